The van der Waals surface area contributed by atoms with E-state index in [9.17, 15) is 9.18 Å². The van der Waals surface area contributed by atoms with E-state index in [1.807, 2.05) is 6.07 Å². The second-order valence-corrected chi connectivity index (χ2v) is 3.78. The molecule has 0 heterocycles. The molecule has 0 aromatic heterocycles. The smallest absolute Gasteiger partial charge is 0.337 e. The zero-order valence-electron chi connectivity index (χ0n) is 9.72. The Morgan fingerprint density at radius 1 is 1.21 bits per heavy atom. The number of nitriles is 1. The quantitative estimate of drug-likeness (QED) is 0.884. The van der Waals surface area contributed by atoms with Gasteiger partial charge in [-0.1, -0.05) is 12.1 Å². The summed E-state index contributed by atoms with van der Waals surface area (Å²) < 4.78 is 13.7. The molecule has 0 radical (unpaired) electrons. The minimum Gasteiger partial charge on any atom is -0.478 e. The van der Waals surface area contributed by atoms with Gasteiger partial charge in [-0.3, -0.25) is 0 Å². The number of aromatic carboxylic acids is 1. The van der Waals surface area contributed by atoms with Gasteiger partial charge in [0.25, 0.3) is 0 Å². The van der Waals surface area contributed by atoms with Crippen molar-refractivity contribution in [3.05, 3.63) is 59.4 Å². The van der Waals surface area contributed by atoms with Crippen LogP contribution in [-0.2, 0) is 0 Å². The van der Waals surface area contributed by atoms with Crippen LogP contribution in [0.3, 0.4) is 0 Å². The Balaban J connectivity index is 2.37. The van der Waals surface area contributed by atoms with Gasteiger partial charge in [-0.25, -0.2) is 9.18 Å². The van der Waals surface area contributed by atoms with E-state index in [1.54, 1.807) is 18.2 Å². The van der Waals surface area contributed by atoms with Crippen molar-refractivity contribution in [1.29, 1.82) is 5.26 Å². The van der Waals surface area contributed by atoms with Crippen molar-refractivity contribution >= 4 is 17.3 Å². The Bertz CT molecular complexity index is 677. The van der Waals surface area contributed by atoms with Crippen LogP contribution >= 0.6 is 0 Å². The first kappa shape index (κ1) is 12.6. The highest BCUT2D eigenvalue weighted by Gasteiger charge is 2.11. The van der Waals surface area contributed by atoms with Crippen molar-refractivity contribution in [2.45, 2.75) is 0 Å². The maximum Gasteiger partial charge on any atom is 0.337 e. The van der Waals surface area contributed by atoms with Gasteiger partial charge in [0.05, 0.1) is 28.6 Å². The summed E-state index contributed by atoms with van der Waals surface area (Å²) in [5, 5.41) is 20.4. The third-order valence-electron chi connectivity index (χ3n) is 2.52. The van der Waals surface area contributed by atoms with E-state index in [4.69, 9.17) is 10.4 Å². The van der Waals surface area contributed by atoms with E-state index < -0.39 is 11.8 Å². The molecule has 0 aliphatic rings. The molecule has 0 saturated carbocycles. The summed E-state index contributed by atoms with van der Waals surface area (Å²) >= 11 is 0. The van der Waals surface area contributed by atoms with Crippen LogP contribution in [0.15, 0.2) is 42.5 Å². The van der Waals surface area contributed by atoms with E-state index in [0.717, 1.165) is 6.07 Å². The lowest BCUT2D eigenvalue weighted by molar-refractivity contribution is 0.0698. The summed E-state index contributed by atoms with van der Waals surface area (Å²) in [4.78, 5) is 11.0. The van der Waals surface area contributed by atoms with E-state index in [-0.39, 0.29) is 16.8 Å². The highest BCUT2D eigenvalue weighted by molar-refractivity contribution is 5.95. The fourth-order valence-corrected chi connectivity index (χ4v) is 1.61. The average Bonchev–Trinajstić information content (AvgIpc) is 2.41. The number of hydrogen-bond acceptors (Lipinski definition) is 3. The van der Waals surface area contributed by atoms with Gasteiger partial charge in [0.1, 0.15) is 5.82 Å². The molecule has 2 N–H and O–H groups in total. The Morgan fingerprint density at radius 2 is 1.95 bits per heavy atom. The molecule has 0 saturated heterocycles. The van der Waals surface area contributed by atoms with Crippen LogP contribution in [0.4, 0.5) is 15.8 Å². The van der Waals surface area contributed by atoms with Crippen LogP contribution in [-0.4, -0.2) is 11.1 Å². The molecule has 4 nitrogen and oxygen atoms in total. The lowest BCUT2D eigenvalue weighted by Crippen LogP contribution is -2.03. The fraction of sp³-hybridized carbons (Fsp3) is 0. The first-order valence-corrected chi connectivity index (χ1v) is 5.41. The number of carboxylic acids is 1. The molecule has 2 rings (SSSR count). The number of halogens is 1. The number of nitrogens with one attached hydrogen (secondary N) is 1. The summed E-state index contributed by atoms with van der Waals surface area (Å²) in [7, 11) is 0. The molecule has 5 heteroatoms. The Labute approximate surface area is 108 Å². The van der Waals surface area contributed by atoms with Gasteiger partial charge >= 0.3 is 5.97 Å². The zero-order valence-corrected chi connectivity index (χ0v) is 9.72. The van der Waals surface area contributed by atoms with Crippen LogP contribution in [0.5, 0.6) is 0 Å². The molecule has 0 atom stereocenters. The van der Waals surface area contributed by atoms with Gasteiger partial charge in [-0.05, 0) is 30.3 Å². The van der Waals surface area contributed by atoms with Crippen molar-refractivity contribution in [2.24, 2.45) is 0 Å². The van der Waals surface area contributed by atoms with Crippen molar-refractivity contribution in [3.63, 3.8) is 0 Å². The third-order valence-corrected chi connectivity index (χ3v) is 2.52. The number of hydrogen-bond donors (Lipinski definition) is 2. The molecular weight excluding hydrogens is 247 g/mol. The molecular formula is C14H9FN2O2. The van der Waals surface area contributed by atoms with E-state index in [1.165, 1.54) is 18.2 Å². The Kier molecular flexibility index (Phi) is 3.44. The number of nitrogens with zero attached hydrogens (tertiary/aromatic N) is 1. The zero-order chi connectivity index (χ0) is 13.8. The minimum atomic E-state index is -1.10. The number of carbonyl (C=O) groups is 1. The molecule has 0 amide bonds. The van der Waals surface area contributed by atoms with E-state index in [2.05, 4.69) is 5.32 Å². The van der Waals surface area contributed by atoms with Crippen molar-refractivity contribution in [3.8, 4) is 6.07 Å². The van der Waals surface area contributed by atoms with Crippen molar-refractivity contribution in [1.82, 2.24) is 0 Å². The standard InChI is InChI=1S/C14H9FN2O2/c15-11-7-9(8-16)5-6-13(11)17-12-4-2-1-3-10(12)14(18)19/h1-7,17H,(H,18,19). The van der Waals surface area contributed by atoms with Crippen molar-refractivity contribution < 1.29 is 14.3 Å². The monoisotopic (exact) mass is 256 g/mol. The lowest BCUT2D eigenvalue weighted by atomic mass is 10.1. The van der Waals surface area contributed by atoms with Crippen LogP contribution in [0, 0.1) is 17.1 Å². The number of rotatable bonds is 3. The molecule has 19 heavy (non-hydrogen) atoms. The molecule has 0 aliphatic carbocycles. The van der Waals surface area contributed by atoms with Crippen LogP contribution in [0.25, 0.3) is 0 Å². The highest BCUT2D eigenvalue weighted by atomic mass is 19.1. The molecule has 0 spiro atoms. The van der Waals surface area contributed by atoms with Gasteiger partial charge in [0, 0.05) is 0 Å². The first-order valence-electron chi connectivity index (χ1n) is 5.41. The second-order valence-electron chi connectivity index (χ2n) is 3.78. The lowest BCUT2D eigenvalue weighted by Gasteiger charge is -2.10. The molecule has 2 aromatic carbocycles. The van der Waals surface area contributed by atoms with Gasteiger partial charge in [-0.2, -0.15) is 5.26 Å². The number of carboxylic acid groups (broad SMARTS) is 1. The number of benzene rings is 2. The van der Waals surface area contributed by atoms with E-state index >= 15 is 0 Å². The predicted octanol–water partition coefficient (Wildman–Crippen LogP) is 3.14. The molecule has 0 fully saturated rings. The number of para-hydroxylation sites is 1. The Hall–Kier alpha value is -2.87. The first-order chi connectivity index (χ1) is 9.11. The topological polar surface area (TPSA) is 73.1 Å². The van der Waals surface area contributed by atoms with Crippen LogP contribution in [0.2, 0.25) is 0 Å². The maximum atomic E-state index is 13.7. The summed E-state index contributed by atoms with van der Waals surface area (Å²) in [5.74, 6) is -1.71. The molecule has 0 bridgehead atoms. The van der Waals surface area contributed by atoms with Gasteiger partial charge in [0.2, 0.25) is 0 Å². The Morgan fingerprint density at radius 3 is 2.58 bits per heavy atom. The van der Waals surface area contributed by atoms with E-state index in [0.29, 0.717) is 5.69 Å². The number of anilines is 2. The summed E-state index contributed by atoms with van der Waals surface area (Å²) in [6.45, 7) is 0. The van der Waals surface area contributed by atoms with Crippen LogP contribution in [0.1, 0.15) is 15.9 Å². The van der Waals surface area contributed by atoms with Gasteiger partial charge in [-0.15, -0.1) is 0 Å². The van der Waals surface area contributed by atoms with Gasteiger partial charge in [0.15, 0.2) is 0 Å². The average molecular weight is 256 g/mol. The maximum absolute atomic E-state index is 13.7. The third kappa shape index (κ3) is 2.69. The predicted molar refractivity (Wildman–Crippen MR) is 67.8 cm³/mol. The highest BCUT2D eigenvalue weighted by Crippen LogP contribution is 2.23. The normalized spacial score (nSPS) is 9.68. The second kappa shape index (κ2) is 5.19. The molecule has 94 valence electrons. The summed E-state index contributed by atoms with van der Waals surface area (Å²) in [6.07, 6.45) is 0. The molecule has 0 aliphatic heterocycles. The summed E-state index contributed by atoms with van der Waals surface area (Å²) in [5.41, 5.74) is 0.659. The summed E-state index contributed by atoms with van der Waals surface area (Å²) in [6, 6.07) is 12.0. The largest absolute Gasteiger partial charge is 0.478 e. The molecule has 2 aromatic rings. The fourth-order valence-electron chi connectivity index (χ4n) is 1.61. The molecule has 0 unspecified atom stereocenters. The van der Waals surface area contributed by atoms with Crippen LogP contribution < -0.4 is 5.32 Å². The minimum absolute atomic E-state index is 0.0475. The van der Waals surface area contributed by atoms with Crippen molar-refractivity contribution in [2.75, 3.05) is 5.32 Å². The van der Waals surface area contributed by atoms with Gasteiger partial charge < -0.3 is 10.4 Å². The SMILES string of the molecule is N#Cc1ccc(Nc2ccccc2C(=O)O)c(F)c1.